The van der Waals surface area contributed by atoms with Crippen LogP contribution in [-0.2, 0) is 22.6 Å². The molecule has 21 heavy (non-hydrogen) atoms. The standard InChI is InChI=1S/C15H21NO5/c1-15(2,3)21-14(20)16-12(13(18)19)8-10-4-6-11(9-17)7-5-10/h4-7,12,17H,8-9H2,1-3H3,(H,16,20)(H,18,19)/t12-/m1/s1. The van der Waals surface area contributed by atoms with Crippen molar-refractivity contribution in [3.63, 3.8) is 0 Å². The van der Waals surface area contributed by atoms with Crippen LogP contribution in [0.15, 0.2) is 24.3 Å². The van der Waals surface area contributed by atoms with E-state index in [4.69, 9.17) is 9.84 Å². The van der Waals surface area contributed by atoms with Crippen LogP contribution in [0.25, 0.3) is 0 Å². The van der Waals surface area contributed by atoms with E-state index in [0.717, 1.165) is 11.1 Å². The Morgan fingerprint density at radius 3 is 2.14 bits per heavy atom. The van der Waals surface area contributed by atoms with Crippen molar-refractivity contribution in [2.75, 3.05) is 0 Å². The number of ether oxygens (including phenoxy) is 1. The molecule has 1 aromatic rings. The maximum absolute atomic E-state index is 11.6. The SMILES string of the molecule is CC(C)(C)OC(=O)N[C@H](Cc1ccc(CO)cc1)C(=O)O. The van der Waals surface area contributed by atoms with Crippen LogP contribution in [0.2, 0.25) is 0 Å². The number of benzene rings is 1. The van der Waals surface area contributed by atoms with Crippen molar-refractivity contribution in [2.24, 2.45) is 0 Å². The van der Waals surface area contributed by atoms with E-state index in [0.29, 0.717) is 0 Å². The molecule has 1 rings (SSSR count). The first-order chi connectivity index (χ1) is 9.71. The van der Waals surface area contributed by atoms with Gasteiger partial charge >= 0.3 is 12.1 Å². The van der Waals surface area contributed by atoms with Gasteiger partial charge in [0, 0.05) is 6.42 Å². The number of aliphatic hydroxyl groups is 1. The van der Waals surface area contributed by atoms with Gasteiger partial charge in [0.15, 0.2) is 0 Å². The van der Waals surface area contributed by atoms with Gasteiger partial charge in [0.05, 0.1) is 6.61 Å². The van der Waals surface area contributed by atoms with Crippen LogP contribution in [0.1, 0.15) is 31.9 Å². The predicted octanol–water partition coefficient (Wildman–Crippen LogP) is 1.70. The largest absolute Gasteiger partial charge is 0.480 e. The molecule has 0 unspecified atom stereocenters. The number of hydrogen-bond donors (Lipinski definition) is 3. The topological polar surface area (TPSA) is 95.9 Å². The highest BCUT2D eigenvalue weighted by atomic mass is 16.6. The van der Waals surface area contributed by atoms with E-state index in [1.54, 1.807) is 45.0 Å². The molecule has 0 fully saturated rings. The minimum atomic E-state index is -1.13. The number of aliphatic hydroxyl groups excluding tert-OH is 1. The van der Waals surface area contributed by atoms with Crippen molar-refractivity contribution >= 4 is 12.1 Å². The van der Waals surface area contributed by atoms with E-state index < -0.39 is 23.7 Å². The number of carbonyl (C=O) groups excluding carboxylic acids is 1. The third kappa shape index (κ3) is 6.27. The zero-order valence-electron chi connectivity index (χ0n) is 12.4. The molecule has 0 aliphatic carbocycles. The second-order valence-electron chi connectivity index (χ2n) is 5.72. The van der Waals surface area contributed by atoms with E-state index in [-0.39, 0.29) is 13.0 Å². The van der Waals surface area contributed by atoms with E-state index in [1.807, 2.05) is 0 Å². The number of carboxylic acids is 1. The second-order valence-corrected chi connectivity index (χ2v) is 5.72. The first kappa shape index (κ1) is 17.0. The number of aliphatic carboxylic acids is 1. The Kier molecular flexibility index (Phi) is 5.72. The van der Waals surface area contributed by atoms with Crippen molar-refractivity contribution in [3.05, 3.63) is 35.4 Å². The van der Waals surface area contributed by atoms with Crippen molar-refractivity contribution in [2.45, 2.75) is 45.4 Å². The number of nitrogens with one attached hydrogen (secondary N) is 1. The van der Waals surface area contributed by atoms with E-state index in [2.05, 4.69) is 5.32 Å². The monoisotopic (exact) mass is 295 g/mol. The summed E-state index contributed by atoms with van der Waals surface area (Å²) in [5.41, 5.74) is 0.803. The molecule has 0 bridgehead atoms. The Morgan fingerprint density at radius 1 is 1.19 bits per heavy atom. The van der Waals surface area contributed by atoms with E-state index >= 15 is 0 Å². The molecule has 6 nitrogen and oxygen atoms in total. The number of hydrogen-bond acceptors (Lipinski definition) is 4. The van der Waals surface area contributed by atoms with Gasteiger partial charge < -0.3 is 20.3 Å². The first-order valence-corrected chi connectivity index (χ1v) is 6.62. The first-order valence-electron chi connectivity index (χ1n) is 6.62. The zero-order valence-corrected chi connectivity index (χ0v) is 12.4. The van der Waals surface area contributed by atoms with Gasteiger partial charge in [-0.25, -0.2) is 9.59 Å². The minimum Gasteiger partial charge on any atom is -0.480 e. The Balaban J connectivity index is 2.69. The molecule has 3 N–H and O–H groups in total. The van der Waals surface area contributed by atoms with Crippen LogP contribution in [0.5, 0.6) is 0 Å². The quantitative estimate of drug-likeness (QED) is 0.768. The molecule has 0 aliphatic rings. The number of carbonyl (C=O) groups is 2. The van der Waals surface area contributed by atoms with Crippen LogP contribution >= 0.6 is 0 Å². The molecule has 116 valence electrons. The molecule has 6 heteroatoms. The molecule has 0 heterocycles. The zero-order chi connectivity index (χ0) is 16.0. The van der Waals surface area contributed by atoms with E-state index in [9.17, 15) is 14.7 Å². The molecule has 0 aliphatic heterocycles. The molecule has 0 radical (unpaired) electrons. The van der Waals surface area contributed by atoms with Gasteiger partial charge in [-0.1, -0.05) is 24.3 Å². The third-order valence-electron chi connectivity index (χ3n) is 2.63. The van der Waals surface area contributed by atoms with Crippen molar-refractivity contribution < 1.29 is 24.5 Å². The van der Waals surface area contributed by atoms with Crippen LogP contribution in [0.3, 0.4) is 0 Å². The maximum atomic E-state index is 11.6. The highest BCUT2D eigenvalue weighted by Crippen LogP contribution is 2.10. The average molecular weight is 295 g/mol. The Morgan fingerprint density at radius 2 is 1.71 bits per heavy atom. The summed E-state index contributed by atoms with van der Waals surface area (Å²) >= 11 is 0. The van der Waals surface area contributed by atoms with Crippen molar-refractivity contribution in [3.8, 4) is 0 Å². The smallest absolute Gasteiger partial charge is 0.408 e. The van der Waals surface area contributed by atoms with E-state index in [1.165, 1.54) is 0 Å². The van der Waals surface area contributed by atoms with Crippen LogP contribution < -0.4 is 5.32 Å². The predicted molar refractivity (Wildman–Crippen MR) is 76.9 cm³/mol. The molecule has 0 aromatic heterocycles. The normalized spacial score (nSPS) is 12.6. The molecule has 0 saturated carbocycles. The number of amides is 1. The summed E-state index contributed by atoms with van der Waals surface area (Å²) in [6.07, 6.45) is -0.623. The summed E-state index contributed by atoms with van der Waals surface area (Å²) in [6, 6.07) is 5.79. The third-order valence-corrected chi connectivity index (χ3v) is 2.63. The highest BCUT2D eigenvalue weighted by molar-refractivity contribution is 5.80. The molecular weight excluding hydrogens is 274 g/mol. The summed E-state index contributed by atoms with van der Waals surface area (Å²) in [4.78, 5) is 22.9. The summed E-state index contributed by atoms with van der Waals surface area (Å²) < 4.78 is 5.05. The fourth-order valence-electron chi connectivity index (χ4n) is 1.67. The summed E-state index contributed by atoms with van der Waals surface area (Å²) in [6.45, 7) is 5.04. The molecule has 0 saturated heterocycles. The minimum absolute atomic E-state index is 0.0706. The average Bonchev–Trinajstić information content (AvgIpc) is 2.36. The lowest BCUT2D eigenvalue weighted by Crippen LogP contribution is -2.44. The lowest BCUT2D eigenvalue weighted by molar-refractivity contribution is -0.139. The van der Waals surface area contributed by atoms with Crippen LogP contribution in [-0.4, -0.2) is 33.9 Å². The summed E-state index contributed by atoms with van der Waals surface area (Å²) in [7, 11) is 0. The molecule has 1 amide bonds. The molecular formula is C15H21NO5. The van der Waals surface area contributed by atoms with Gasteiger partial charge in [0.1, 0.15) is 11.6 Å². The van der Waals surface area contributed by atoms with Crippen LogP contribution in [0, 0.1) is 0 Å². The lowest BCUT2D eigenvalue weighted by Gasteiger charge is -2.22. The summed E-state index contributed by atoms with van der Waals surface area (Å²) in [5.74, 6) is -1.13. The van der Waals surface area contributed by atoms with Crippen molar-refractivity contribution in [1.82, 2.24) is 5.32 Å². The van der Waals surface area contributed by atoms with Gasteiger partial charge in [0.2, 0.25) is 0 Å². The summed E-state index contributed by atoms with van der Waals surface area (Å²) in [5, 5.41) is 20.5. The Labute approximate surface area is 123 Å². The fraction of sp³-hybridized carbons (Fsp3) is 0.467. The maximum Gasteiger partial charge on any atom is 0.408 e. The van der Waals surface area contributed by atoms with Gasteiger partial charge in [-0.05, 0) is 31.9 Å². The van der Waals surface area contributed by atoms with Gasteiger partial charge in [-0.15, -0.1) is 0 Å². The number of rotatable bonds is 5. The highest BCUT2D eigenvalue weighted by Gasteiger charge is 2.24. The number of alkyl carbamates (subject to hydrolysis) is 1. The van der Waals surface area contributed by atoms with Crippen LogP contribution in [0.4, 0.5) is 4.79 Å². The fourth-order valence-corrected chi connectivity index (χ4v) is 1.67. The molecule has 1 aromatic carbocycles. The van der Waals surface area contributed by atoms with Gasteiger partial charge in [-0.2, -0.15) is 0 Å². The molecule has 0 spiro atoms. The Hall–Kier alpha value is -2.08. The van der Waals surface area contributed by atoms with Crippen molar-refractivity contribution in [1.29, 1.82) is 0 Å². The number of carboxylic acid groups (broad SMARTS) is 1. The van der Waals surface area contributed by atoms with Gasteiger partial charge in [-0.3, -0.25) is 0 Å². The molecule has 1 atom stereocenters. The second kappa shape index (κ2) is 7.08. The van der Waals surface area contributed by atoms with Gasteiger partial charge in [0.25, 0.3) is 0 Å². The Bertz CT molecular complexity index is 490. The lowest BCUT2D eigenvalue weighted by atomic mass is 10.0.